The van der Waals surface area contributed by atoms with E-state index in [1.807, 2.05) is 0 Å². The average Bonchev–Trinajstić information content (AvgIpc) is 2.57. The standard InChI is InChI=1S/C26H26/c1-17-11-26(16-20-4-6-22-8-10-24(22)14-20)18(2)12-25(17)15-19-3-5-21-7-9-23(21)13-19/h3-6,11-14H,7-10,15-16H2,1-2H3. The molecule has 0 aromatic heterocycles. The maximum absolute atomic E-state index is 2.42. The van der Waals surface area contributed by atoms with Crippen LogP contribution in [0.2, 0.25) is 0 Å². The summed E-state index contributed by atoms with van der Waals surface area (Å²) in [5.41, 5.74) is 15.0. The average molecular weight is 338 g/mol. The van der Waals surface area contributed by atoms with Crippen molar-refractivity contribution in [2.24, 2.45) is 0 Å². The molecule has 3 aromatic rings. The second kappa shape index (κ2) is 6.13. The molecule has 0 bridgehead atoms. The molecule has 0 fully saturated rings. The maximum Gasteiger partial charge on any atom is -0.00229 e. The molecule has 0 N–H and O–H groups in total. The summed E-state index contributed by atoms with van der Waals surface area (Å²) < 4.78 is 0. The van der Waals surface area contributed by atoms with Crippen molar-refractivity contribution in [3.63, 3.8) is 0 Å². The number of fused-ring (bicyclic) bond motifs is 2. The molecule has 0 amide bonds. The lowest BCUT2D eigenvalue weighted by Crippen LogP contribution is -2.09. The van der Waals surface area contributed by atoms with E-state index in [9.17, 15) is 0 Å². The highest BCUT2D eigenvalue weighted by molar-refractivity contribution is 5.46. The zero-order valence-electron chi connectivity index (χ0n) is 15.9. The van der Waals surface area contributed by atoms with Crippen LogP contribution >= 0.6 is 0 Å². The van der Waals surface area contributed by atoms with Crippen LogP contribution in [0.1, 0.15) is 55.6 Å². The topological polar surface area (TPSA) is 0 Å². The van der Waals surface area contributed by atoms with Gasteiger partial charge in [-0.15, -0.1) is 0 Å². The smallest absolute Gasteiger partial charge is 0.00229 e. The lowest BCUT2D eigenvalue weighted by atomic mass is 9.85. The Morgan fingerprint density at radius 3 is 1.31 bits per heavy atom. The molecule has 0 heteroatoms. The van der Waals surface area contributed by atoms with Crippen LogP contribution in [0, 0.1) is 13.8 Å². The monoisotopic (exact) mass is 338 g/mol. The fraction of sp³-hybridized carbons (Fsp3) is 0.308. The van der Waals surface area contributed by atoms with E-state index in [1.54, 1.807) is 22.3 Å². The predicted molar refractivity (Wildman–Crippen MR) is 109 cm³/mol. The summed E-state index contributed by atoms with van der Waals surface area (Å²) in [7, 11) is 0. The second-order valence-corrected chi connectivity index (χ2v) is 8.26. The Labute approximate surface area is 156 Å². The first-order chi connectivity index (χ1) is 12.7. The first-order valence-electron chi connectivity index (χ1n) is 9.96. The number of benzene rings is 3. The number of hydrogen-bond acceptors (Lipinski definition) is 0. The van der Waals surface area contributed by atoms with Crippen LogP contribution in [0.5, 0.6) is 0 Å². The molecule has 0 aliphatic heterocycles. The third-order valence-corrected chi connectivity index (χ3v) is 6.45. The first kappa shape index (κ1) is 15.9. The van der Waals surface area contributed by atoms with E-state index in [0.29, 0.717) is 0 Å². The van der Waals surface area contributed by atoms with Crippen molar-refractivity contribution in [1.82, 2.24) is 0 Å². The lowest BCUT2D eigenvalue weighted by molar-refractivity contribution is 0.834. The van der Waals surface area contributed by atoms with Crippen LogP contribution in [0.3, 0.4) is 0 Å². The summed E-state index contributed by atoms with van der Waals surface area (Å²) in [5.74, 6) is 0. The highest BCUT2D eigenvalue weighted by atomic mass is 14.2. The van der Waals surface area contributed by atoms with Crippen molar-refractivity contribution < 1.29 is 0 Å². The molecule has 0 saturated heterocycles. The minimum Gasteiger partial charge on any atom is -0.0585 e. The van der Waals surface area contributed by atoms with Gasteiger partial charge in [0.2, 0.25) is 0 Å². The van der Waals surface area contributed by atoms with Gasteiger partial charge in [-0.25, -0.2) is 0 Å². The normalized spacial score (nSPS) is 14.2. The molecule has 130 valence electrons. The maximum atomic E-state index is 2.42. The van der Waals surface area contributed by atoms with Gasteiger partial charge in [-0.2, -0.15) is 0 Å². The van der Waals surface area contributed by atoms with Crippen molar-refractivity contribution in [2.75, 3.05) is 0 Å². The first-order valence-corrected chi connectivity index (χ1v) is 9.96. The predicted octanol–water partition coefficient (Wildman–Crippen LogP) is 5.68. The fourth-order valence-corrected chi connectivity index (χ4v) is 4.47. The number of hydrogen-bond donors (Lipinski definition) is 0. The highest BCUT2D eigenvalue weighted by Gasteiger charge is 2.15. The summed E-state index contributed by atoms with van der Waals surface area (Å²) in [6.45, 7) is 4.55. The van der Waals surface area contributed by atoms with Gasteiger partial charge in [-0.1, -0.05) is 48.5 Å². The van der Waals surface area contributed by atoms with E-state index < -0.39 is 0 Å². The van der Waals surface area contributed by atoms with E-state index in [-0.39, 0.29) is 0 Å². The Bertz CT molecular complexity index is 924. The molecular weight excluding hydrogens is 312 g/mol. The fourth-order valence-electron chi connectivity index (χ4n) is 4.47. The van der Waals surface area contributed by atoms with Gasteiger partial charge in [0.25, 0.3) is 0 Å². The van der Waals surface area contributed by atoms with Crippen LogP contribution in [0.15, 0.2) is 48.5 Å². The van der Waals surface area contributed by atoms with Gasteiger partial charge in [0.15, 0.2) is 0 Å². The summed E-state index contributed by atoms with van der Waals surface area (Å²) in [6, 6.07) is 19.0. The quantitative estimate of drug-likeness (QED) is 0.574. The van der Waals surface area contributed by atoms with E-state index >= 15 is 0 Å². The van der Waals surface area contributed by atoms with Gasteiger partial charge < -0.3 is 0 Å². The summed E-state index contributed by atoms with van der Waals surface area (Å²) in [4.78, 5) is 0. The van der Waals surface area contributed by atoms with Gasteiger partial charge in [0.05, 0.1) is 0 Å². The third kappa shape index (κ3) is 2.78. The van der Waals surface area contributed by atoms with Crippen LogP contribution in [-0.4, -0.2) is 0 Å². The summed E-state index contributed by atoms with van der Waals surface area (Å²) in [5, 5.41) is 0. The molecule has 0 nitrogen and oxygen atoms in total. The number of aryl methyl sites for hydroxylation is 6. The molecule has 0 saturated carbocycles. The van der Waals surface area contributed by atoms with Gasteiger partial charge in [-0.3, -0.25) is 0 Å². The highest BCUT2D eigenvalue weighted by Crippen LogP contribution is 2.28. The van der Waals surface area contributed by atoms with Crippen molar-refractivity contribution in [1.29, 1.82) is 0 Å². The Hall–Kier alpha value is -2.34. The third-order valence-electron chi connectivity index (χ3n) is 6.45. The van der Waals surface area contributed by atoms with Crippen molar-refractivity contribution >= 4 is 0 Å². The minimum atomic E-state index is 1.05. The summed E-state index contributed by atoms with van der Waals surface area (Å²) >= 11 is 0. The molecular formula is C26H26. The zero-order chi connectivity index (χ0) is 17.7. The van der Waals surface area contributed by atoms with Crippen LogP contribution in [0.4, 0.5) is 0 Å². The largest absolute Gasteiger partial charge is 0.0585 e. The van der Waals surface area contributed by atoms with E-state index in [0.717, 1.165) is 12.8 Å². The van der Waals surface area contributed by atoms with Gasteiger partial charge >= 0.3 is 0 Å². The Morgan fingerprint density at radius 2 is 0.962 bits per heavy atom. The Balaban J connectivity index is 1.39. The van der Waals surface area contributed by atoms with Crippen LogP contribution in [0.25, 0.3) is 0 Å². The van der Waals surface area contributed by atoms with Crippen molar-refractivity contribution in [3.8, 4) is 0 Å². The Morgan fingerprint density at radius 1 is 0.538 bits per heavy atom. The van der Waals surface area contributed by atoms with Crippen LogP contribution in [-0.2, 0) is 38.5 Å². The van der Waals surface area contributed by atoms with E-state index in [1.165, 1.54) is 59.1 Å². The van der Waals surface area contributed by atoms with E-state index in [4.69, 9.17) is 0 Å². The minimum absolute atomic E-state index is 1.05. The molecule has 3 aromatic carbocycles. The Kier molecular flexibility index (Phi) is 3.74. The molecule has 0 radical (unpaired) electrons. The molecule has 0 heterocycles. The van der Waals surface area contributed by atoms with Gasteiger partial charge in [0.1, 0.15) is 0 Å². The van der Waals surface area contributed by atoms with Gasteiger partial charge in [-0.05, 0) is 108 Å². The molecule has 2 aliphatic carbocycles. The van der Waals surface area contributed by atoms with E-state index in [2.05, 4.69) is 62.4 Å². The molecule has 5 rings (SSSR count). The van der Waals surface area contributed by atoms with Crippen molar-refractivity contribution in [3.05, 3.63) is 104 Å². The summed E-state index contributed by atoms with van der Waals surface area (Å²) in [6.07, 6.45) is 7.18. The van der Waals surface area contributed by atoms with Crippen LogP contribution < -0.4 is 0 Å². The van der Waals surface area contributed by atoms with Gasteiger partial charge in [0, 0.05) is 0 Å². The molecule has 2 aliphatic rings. The second-order valence-electron chi connectivity index (χ2n) is 8.26. The molecule has 0 unspecified atom stereocenters. The zero-order valence-corrected chi connectivity index (χ0v) is 15.9. The number of rotatable bonds is 4. The lowest BCUT2D eigenvalue weighted by Gasteiger charge is -2.20. The molecule has 0 atom stereocenters. The molecule has 0 spiro atoms. The van der Waals surface area contributed by atoms with Crippen molar-refractivity contribution in [2.45, 2.75) is 52.4 Å². The molecule has 26 heavy (non-hydrogen) atoms. The SMILES string of the molecule is Cc1cc(Cc2ccc3c(c2)CC3)c(C)cc1Cc1ccc2c(c1)CC2.